The van der Waals surface area contributed by atoms with Crippen LogP contribution in [0, 0.1) is 6.92 Å². The number of hydrogen-bond donors (Lipinski definition) is 2. The van der Waals surface area contributed by atoms with Gasteiger partial charge in [-0.1, -0.05) is 6.07 Å². The van der Waals surface area contributed by atoms with Gasteiger partial charge >= 0.3 is 0 Å². The Labute approximate surface area is 140 Å². The summed E-state index contributed by atoms with van der Waals surface area (Å²) in [6.45, 7) is 4.29. The fourth-order valence-electron chi connectivity index (χ4n) is 2.12. The van der Waals surface area contributed by atoms with Gasteiger partial charge in [0.25, 0.3) is 0 Å². The van der Waals surface area contributed by atoms with E-state index in [4.69, 9.17) is 0 Å². The second-order valence-electron chi connectivity index (χ2n) is 5.16. The molecule has 6 nitrogen and oxygen atoms in total. The van der Waals surface area contributed by atoms with Gasteiger partial charge in [0.15, 0.2) is 5.96 Å². The lowest BCUT2D eigenvalue weighted by Gasteiger charge is -2.11. The Morgan fingerprint density at radius 2 is 2.22 bits per heavy atom. The predicted molar refractivity (Wildman–Crippen MR) is 95.0 cm³/mol. The summed E-state index contributed by atoms with van der Waals surface area (Å²) in [5, 5.41) is 7.57. The van der Waals surface area contributed by atoms with Gasteiger partial charge in [0.2, 0.25) is 5.56 Å². The number of pyridine rings is 1. The van der Waals surface area contributed by atoms with Gasteiger partial charge in [-0.15, -0.1) is 11.3 Å². The Bertz CT molecular complexity index is 692. The van der Waals surface area contributed by atoms with E-state index in [1.54, 1.807) is 35.1 Å². The third-order valence-electron chi connectivity index (χ3n) is 3.32. The van der Waals surface area contributed by atoms with Crippen LogP contribution in [0.3, 0.4) is 0 Å². The molecule has 0 unspecified atom stereocenters. The molecule has 0 atom stereocenters. The second kappa shape index (κ2) is 9.09. The van der Waals surface area contributed by atoms with Gasteiger partial charge in [0.1, 0.15) is 5.01 Å². The molecule has 0 radical (unpaired) electrons. The first kappa shape index (κ1) is 17.2. The summed E-state index contributed by atoms with van der Waals surface area (Å²) >= 11 is 1.68. The predicted octanol–water partition coefficient (Wildman–Crippen LogP) is 1.76. The molecular weight excluding hydrogens is 310 g/mol. The fourth-order valence-corrected chi connectivity index (χ4v) is 2.85. The minimum Gasteiger partial charge on any atom is -0.356 e. The molecule has 2 rings (SSSR count). The average Bonchev–Trinajstić information content (AvgIpc) is 2.97. The van der Waals surface area contributed by atoms with Crippen LogP contribution in [-0.2, 0) is 13.1 Å². The molecule has 0 saturated heterocycles. The molecule has 2 N–H and O–H groups in total. The molecule has 0 saturated carbocycles. The number of nitrogens with zero attached hydrogens (tertiary/aromatic N) is 3. The standard InChI is InChI=1S/C16H23N5OS/c1-13-11-19-14(23-13)12-20-16(17-2)18-8-4-6-10-21-9-5-3-7-15(21)22/h3,5,7,9,11H,4,6,8,10,12H2,1-2H3,(H2,17,18,20). The van der Waals surface area contributed by atoms with Crippen molar-refractivity contribution in [2.75, 3.05) is 13.6 Å². The maximum absolute atomic E-state index is 11.6. The van der Waals surface area contributed by atoms with Crippen molar-refractivity contribution in [1.29, 1.82) is 0 Å². The Morgan fingerprint density at radius 3 is 2.91 bits per heavy atom. The third-order valence-corrected chi connectivity index (χ3v) is 4.23. The van der Waals surface area contributed by atoms with Gasteiger partial charge in [-0.3, -0.25) is 9.79 Å². The van der Waals surface area contributed by atoms with Gasteiger partial charge in [-0.25, -0.2) is 4.98 Å². The maximum atomic E-state index is 11.6. The minimum atomic E-state index is 0.0525. The molecule has 0 fully saturated rings. The van der Waals surface area contributed by atoms with E-state index in [1.165, 1.54) is 4.88 Å². The van der Waals surface area contributed by atoms with Crippen LogP contribution in [0.2, 0.25) is 0 Å². The normalized spacial score (nSPS) is 11.5. The van der Waals surface area contributed by atoms with Gasteiger partial charge in [0, 0.05) is 43.5 Å². The molecule has 0 spiro atoms. The number of nitrogens with one attached hydrogen (secondary N) is 2. The minimum absolute atomic E-state index is 0.0525. The van der Waals surface area contributed by atoms with Crippen molar-refractivity contribution in [3.05, 3.63) is 50.8 Å². The van der Waals surface area contributed by atoms with Crippen molar-refractivity contribution in [3.63, 3.8) is 0 Å². The Hall–Kier alpha value is -2.15. The Balaban J connectivity index is 1.64. The topological polar surface area (TPSA) is 71.3 Å². The number of aliphatic imine (C=N–C) groups is 1. The lowest BCUT2D eigenvalue weighted by Crippen LogP contribution is -2.37. The molecule has 0 amide bonds. The smallest absolute Gasteiger partial charge is 0.250 e. The monoisotopic (exact) mass is 333 g/mol. The van der Waals surface area contributed by atoms with Crippen molar-refractivity contribution >= 4 is 17.3 Å². The molecule has 23 heavy (non-hydrogen) atoms. The van der Waals surface area contributed by atoms with Crippen LogP contribution < -0.4 is 16.2 Å². The lowest BCUT2D eigenvalue weighted by molar-refractivity contribution is 0.585. The molecule has 2 aromatic rings. The zero-order valence-electron chi connectivity index (χ0n) is 13.6. The largest absolute Gasteiger partial charge is 0.356 e. The van der Waals surface area contributed by atoms with Gasteiger partial charge in [-0.05, 0) is 25.8 Å². The van der Waals surface area contributed by atoms with Crippen molar-refractivity contribution < 1.29 is 0 Å². The molecule has 0 bridgehead atoms. The highest BCUT2D eigenvalue weighted by Gasteiger charge is 2.01. The van der Waals surface area contributed by atoms with E-state index in [2.05, 4.69) is 20.6 Å². The van der Waals surface area contributed by atoms with Crippen molar-refractivity contribution in [1.82, 2.24) is 20.2 Å². The molecule has 124 valence electrons. The van der Waals surface area contributed by atoms with E-state index in [0.29, 0.717) is 6.54 Å². The third kappa shape index (κ3) is 5.86. The van der Waals surface area contributed by atoms with E-state index in [1.807, 2.05) is 25.4 Å². The Morgan fingerprint density at radius 1 is 1.35 bits per heavy atom. The summed E-state index contributed by atoms with van der Waals surface area (Å²) in [6, 6.07) is 5.23. The number of rotatable bonds is 7. The number of unbranched alkanes of at least 4 members (excludes halogenated alkanes) is 1. The molecule has 0 aliphatic rings. The summed E-state index contributed by atoms with van der Waals surface area (Å²) in [4.78, 5) is 21.3. The first-order chi connectivity index (χ1) is 11.2. The highest BCUT2D eigenvalue weighted by Crippen LogP contribution is 2.10. The SMILES string of the molecule is CN=C(NCCCCn1ccccc1=O)NCc1ncc(C)s1. The molecule has 0 aliphatic carbocycles. The maximum Gasteiger partial charge on any atom is 0.250 e. The first-order valence-corrected chi connectivity index (χ1v) is 8.52. The summed E-state index contributed by atoms with van der Waals surface area (Å²) in [5.41, 5.74) is 0.0525. The van der Waals surface area contributed by atoms with E-state index in [9.17, 15) is 4.79 Å². The molecular formula is C16H23N5OS. The van der Waals surface area contributed by atoms with Crippen LogP contribution in [0.4, 0.5) is 0 Å². The van der Waals surface area contributed by atoms with E-state index in [0.717, 1.165) is 36.9 Å². The number of guanidine groups is 1. The highest BCUT2D eigenvalue weighted by molar-refractivity contribution is 7.11. The summed E-state index contributed by atoms with van der Waals surface area (Å²) in [6.07, 6.45) is 5.62. The Kier molecular flexibility index (Phi) is 6.80. The van der Waals surface area contributed by atoms with Crippen LogP contribution >= 0.6 is 11.3 Å². The summed E-state index contributed by atoms with van der Waals surface area (Å²) in [7, 11) is 1.76. The highest BCUT2D eigenvalue weighted by atomic mass is 32.1. The molecule has 2 heterocycles. The van der Waals surface area contributed by atoms with E-state index < -0.39 is 0 Å². The summed E-state index contributed by atoms with van der Waals surface area (Å²) < 4.78 is 1.73. The van der Waals surface area contributed by atoms with Crippen LogP contribution in [0.15, 0.2) is 40.4 Å². The number of thiazole rings is 1. The van der Waals surface area contributed by atoms with Crippen molar-refractivity contribution in [3.8, 4) is 0 Å². The van der Waals surface area contributed by atoms with Crippen LogP contribution in [-0.4, -0.2) is 29.1 Å². The quantitative estimate of drug-likeness (QED) is 0.460. The van der Waals surface area contributed by atoms with E-state index in [-0.39, 0.29) is 5.56 Å². The van der Waals surface area contributed by atoms with Crippen LogP contribution in [0.25, 0.3) is 0 Å². The molecule has 2 aromatic heterocycles. The zero-order chi connectivity index (χ0) is 16.5. The fraction of sp³-hybridized carbons (Fsp3) is 0.438. The van der Waals surface area contributed by atoms with Crippen molar-refractivity contribution in [2.45, 2.75) is 32.9 Å². The van der Waals surface area contributed by atoms with Crippen molar-refractivity contribution in [2.24, 2.45) is 4.99 Å². The van der Waals surface area contributed by atoms with Gasteiger partial charge < -0.3 is 15.2 Å². The number of aromatic nitrogens is 2. The van der Waals surface area contributed by atoms with Crippen LogP contribution in [0.5, 0.6) is 0 Å². The van der Waals surface area contributed by atoms with E-state index >= 15 is 0 Å². The van der Waals surface area contributed by atoms with Crippen LogP contribution in [0.1, 0.15) is 22.7 Å². The molecule has 0 aliphatic heterocycles. The number of hydrogen-bond acceptors (Lipinski definition) is 4. The summed E-state index contributed by atoms with van der Waals surface area (Å²) in [5.74, 6) is 0.773. The zero-order valence-corrected chi connectivity index (χ0v) is 14.4. The molecule has 0 aromatic carbocycles. The molecule has 7 heteroatoms. The number of aryl methyl sites for hydroxylation is 2. The average molecular weight is 333 g/mol. The second-order valence-corrected chi connectivity index (χ2v) is 6.48. The van der Waals surface area contributed by atoms with Gasteiger partial charge in [0.05, 0.1) is 6.54 Å². The van der Waals surface area contributed by atoms with Gasteiger partial charge in [-0.2, -0.15) is 0 Å². The first-order valence-electron chi connectivity index (χ1n) is 7.70. The lowest BCUT2D eigenvalue weighted by atomic mass is 10.3.